The number of nitrogens with one attached hydrogen (secondary N) is 2. The van der Waals surface area contributed by atoms with Crippen molar-refractivity contribution in [2.45, 2.75) is 32.4 Å². The summed E-state index contributed by atoms with van der Waals surface area (Å²) in [5.74, 6) is -0.935. The van der Waals surface area contributed by atoms with Crippen LogP contribution in [0, 0.1) is 0 Å². The zero-order chi connectivity index (χ0) is 22.2. The molecule has 178 valence electrons. The predicted molar refractivity (Wildman–Crippen MR) is 140 cm³/mol. The van der Waals surface area contributed by atoms with E-state index in [2.05, 4.69) is 34.9 Å². The molecule has 3 aromatic carbocycles. The van der Waals surface area contributed by atoms with Crippen molar-refractivity contribution in [3.05, 3.63) is 89.5 Å². The van der Waals surface area contributed by atoms with Crippen molar-refractivity contribution in [3.63, 3.8) is 0 Å². The van der Waals surface area contributed by atoms with Crippen molar-refractivity contribution < 1.29 is 15.0 Å². The van der Waals surface area contributed by atoms with E-state index in [1.165, 1.54) is 5.56 Å². The standard InChI is InChI=1S/C26H30N2O3.2ClH/c1-18(2)28-24-16-22(12-13-23(24)26(30)31)20-10-8-19(9-11-20)14-15-27-17-25(29)21-6-4-3-5-7-21;;/h3-13,16,18,25,27-29H,14-15,17H2,1-2H3,(H,30,31);2*1H/t25-;;/m1../s1. The molecule has 0 amide bonds. The Kier molecular flexibility index (Phi) is 12.0. The summed E-state index contributed by atoms with van der Waals surface area (Å²) in [6, 6.07) is 23.5. The molecule has 0 heterocycles. The molecule has 0 aliphatic heterocycles. The van der Waals surface area contributed by atoms with E-state index in [0.717, 1.165) is 29.7 Å². The van der Waals surface area contributed by atoms with Crippen LogP contribution in [0.25, 0.3) is 11.1 Å². The largest absolute Gasteiger partial charge is 0.478 e. The lowest BCUT2D eigenvalue weighted by Crippen LogP contribution is -2.23. The SMILES string of the molecule is CC(C)Nc1cc(-c2ccc(CCNC[C@@H](O)c3ccccc3)cc2)ccc1C(=O)O.Cl.Cl. The second kappa shape index (κ2) is 13.9. The molecule has 33 heavy (non-hydrogen) atoms. The molecule has 3 rings (SSSR count). The van der Waals surface area contributed by atoms with Crippen molar-refractivity contribution in [1.29, 1.82) is 0 Å². The predicted octanol–water partition coefficient (Wildman–Crippen LogP) is 5.58. The molecule has 5 nitrogen and oxygen atoms in total. The number of aliphatic hydroxyl groups excluding tert-OH is 1. The van der Waals surface area contributed by atoms with Crippen LogP contribution in [0.2, 0.25) is 0 Å². The van der Waals surface area contributed by atoms with Crippen LogP contribution in [0.15, 0.2) is 72.8 Å². The third-order valence-corrected chi connectivity index (χ3v) is 5.09. The molecule has 0 saturated carbocycles. The van der Waals surface area contributed by atoms with E-state index >= 15 is 0 Å². The minimum Gasteiger partial charge on any atom is -0.478 e. The summed E-state index contributed by atoms with van der Waals surface area (Å²) in [4.78, 5) is 11.5. The number of aromatic carboxylic acids is 1. The first kappa shape index (κ1) is 28.5. The van der Waals surface area contributed by atoms with Gasteiger partial charge in [-0.1, -0.05) is 60.7 Å². The number of anilines is 1. The van der Waals surface area contributed by atoms with E-state index in [-0.39, 0.29) is 36.4 Å². The van der Waals surface area contributed by atoms with Crippen molar-refractivity contribution in [2.24, 2.45) is 0 Å². The molecular weight excluding hydrogens is 459 g/mol. The van der Waals surface area contributed by atoms with Crippen LogP contribution in [0.5, 0.6) is 0 Å². The average Bonchev–Trinajstić information content (AvgIpc) is 2.77. The van der Waals surface area contributed by atoms with Gasteiger partial charge in [0.1, 0.15) is 0 Å². The van der Waals surface area contributed by atoms with Gasteiger partial charge in [0.2, 0.25) is 0 Å². The third kappa shape index (κ3) is 8.37. The molecule has 0 aromatic heterocycles. The van der Waals surface area contributed by atoms with E-state index in [4.69, 9.17) is 0 Å². The van der Waals surface area contributed by atoms with Crippen LogP contribution < -0.4 is 10.6 Å². The van der Waals surface area contributed by atoms with E-state index < -0.39 is 12.1 Å². The third-order valence-electron chi connectivity index (χ3n) is 5.09. The second-order valence-electron chi connectivity index (χ2n) is 7.94. The summed E-state index contributed by atoms with van der Waals surface area (Å²) in [6.45, 7) is 5.27. The van der Waals surface area contributed by atoms with Crippen molar-refractivity contribution >= 4 is 36.5 Å². The van der Waals surface area contributed by atoms with Gasteiger partial charge in [-0.15, -0.1) is 24.8 Å². The van der Waals surface area contributed by atoms with Gasteiger partial charge in [-0.3, -0.25) is 0 Å². The molecule has 0 bridgehead atoms. The van der Waals surface area contributed by atoms with Gasteiger partial charge >= 0.3 is 5.97 Å². The van der Waals surface area contributed by atoms with E-state index in [1.54, 1.807) is 6.07 Å². The first-order chi connectivity index (χ1) is 14.9. The highest BCUT2D eigenvalue weighted by Crippen LogP contribution is 2.27. The Morgan fingerprint density at radius 1 is 0.909 bits per heavy atom. The zero-order valence-corrected chi connectivity index (χ0v) is 20.5. The van der Waals surface area contributed by atoms with Crippen molar-refractivity contribution in [2.75, 3.05) is 18.4 Å². The Labute approximate surface area is 208 Å². The first-order valence-electron chi connectivity index (χ1n) is 10.6. The molecule has 0 saturated heterocycles. The Bertz CT molecular complexity index is 996. The topological polar surface area (TPSA) is 81.6 Å². The molecule has 0 fully saturated rings. The maximum Gasteiger partial charge on any atom is 0.337 e. The van der Waals surface area contributed by atoms with Crippen LogP contribution in [0.4, 0.5) is 5.69 Å². The molecule has 0 aliphatic rings. The van der Waals surface area contributed by atoms with Crippen molar-refractivity contribution in [3.8, 4) is 11.1 Å². The molecule has 1 atom stereocenters. The first-order valence-corrected chi connectivity index (χ1v) is 10.6. The second-order valence-corrected chi connectivity index (χ2v) is 7.94. The number of halogens is 2. The monoisotopic (exact) mass is 490 g/mol. The number of rotatable bonds is 10. The number of carboxylic acid groups (broad SMARTS) is 1. The number of aliphatic hydroxyl groups is 1. The van der Waals surface area contributed by atoms with Gasteiger partial charge in [0.25, 0.3) is 0 Å². The van der Waals surface area contributed by atoms with Crippen LogP contribution in [-0.2, 0) is 6.42 Å². The van der Waals surface area contributed by atoms with Crippen LogP contribution in [0.1, 0.15) is 41.4 Å². The Morgan fingerprint density at radius 2 is 1.55 bits per heavy atom. The molecule has 7 heteroatoms. The zero-order valence-electron chi connectivity index (χ0n) is 18.8. The summed E-state index contributed by atoms with van der Waals surface area (Å²) in [7, 11) is 0. The molecule has 0 aliphatic carbocycles. The maximum atomic E-state index is 11.5. The lowest BCUT2D eigenvalue weighted by atomic mass is 10.00. The van der Waals surface area contributed by atoms with E-state index in [0.29, 0.717) is 12.2 Å². The number of hydrogen-bond donors (Lipinski definition) is 4. The van der Waals surface area contributed by atoms with Gasteiger partial charge in [-0.05, 0) is 61.2 Å². The average molecular weight is 491 g/mol. The molecule has 4 N–H and O–H groups in total. The lowest BCUT2D eigenvalue weighted by molar-refractivity contribution is 0.0698. The molecule has 3 aromatic rings. The summed E-state index contributed by atoms with van der Waals surface area (Å²) in [5.41, 5.74) is 5.04. The van der Waals surface area contributed by atoms with Crippen molar-refractivity contribution in [1.82, 2.24) is 5.32 Å². The highest BCUT2D eigenvalue weighted by Gasteiger charge is 2.12. The normalized spacial score (nSPS) is 11.3. The quantitative estimate of drug-likeness (QED) is 0.279. The van der Waals surface area contributed by atoms with Crippen LogP contribution in [-0.4, -0.2) is 35.3 Å². The number of benzene rings is 3. The summed E-state index contributed by atoms with van der Waals surface area (Å²) >= 11 is 0. The molecule has 0 unspecified atom stereocenters. The number of carboxylic acids is 1. The Hall–Kier alpha value is -2.57. The highest BCUT2D eigenvalue weighted by atomic mass is 35.5. The van der Waals surface area contributed by atoms with Crippen LogP contribution in [0.3, 0.4) is 0 Å². The van der Waals surface area contributed by atoms with Gasteiger partial charge in [0, 0.05) is 18.3 Å². The van der Waals surface area contributed by atoms with E-state index in [9.17, 15) is 15.0 Å². The van der Waals surface area contributed by atoms with Gasteiger partial charge < -0.3 is 20.8 Å². The summed E-state index contributed by atoms with van der Waals surface area (Å²) < 4.78 is 0. The Balaban J connectivity index is 0.00000272. The minimum absolute atomic E-state index is 0. The van der Waals surface area contributed by atoms with Gasteiger partial charge in [-0.2, -0.15) is 0 Å². The number of carbonyl (C=O) groups is 1. The lowest BCUT2D eigenvalue weighted by Gasteiger charge is -2.15. The van der Waals surface area contributed by atoms with Gasteiger partial charge in [0.15, 0.2) is 0 Å². The van der Waals surface area contributed by atoms with Gasteiger partial charge in [-0.25, -0.2) is 4.79 Å². The molecule has 0 radical (unpaired) electrons. The fourth-order valence-corrected chi connectivity index (χ4v) is 3.47. The molecular formula is C26H32Cl2N2O3. The maximum absolute atomic E-state index is 11.5. The summed E-state index contributed by atoms with van der Waals surface area (Å²) in [5, 5.41) is 26.2. The Morgan fingerprint density at radius 3 is 2.15 bits per heavy atom. The smallest absolute Gasteiger partial charge is 0.337 e. The van der Waals surface area contributed by atoms with Crippen LogP contribution >= 0.6 is 24.8 Å². The fourth-order valence-electron chi connectivity index (χ4n) is 3.47. The highest BCUT2D eigenvalue weighted by molar-refractivity contribution is 5.95. The van der Waals surface area contributed by atoms with E-state index in [1.807, 2.05) is 56.3 Å². The minimum atomic E-state index is -0.935. The summed E-state index contributed by atoms with van der Waals surface area (Å²) in [6.07, 6.45) is 0.353. The fraction of sp³-hybridized carbons (Fsp3) is 0.269. The molecule has 0 spiro atoms. The number of hydrogen-bond acceptors (Lipinski definition) is 4. The van der Waals surface area contributed by atoms with Gasteiger partial charge in [0.05, 0.1) is 11.7 Å².